The molecule has 0 saturated carbocycles. The van der Waals surface area contributed by atoms with Gasteiger partial charge in [0.2, 0.25) is 0 Å². The third kappa shape index (κ3) is 3.71. The van der Waals surface area contributed by atoms with Crippen molar-refractivity contribution in [2.75, 3.05) is 0 Å². The van der Waals surface area contributed by atoms with E-state index in [9.17, 15) is 0 Å². The van der Waals surface area contributed by atoms with Crippen LogP contribution in [0.5, 0.6) is 0 Å². The highest BCUT2D eigenvalue weighted by molar-refractivity contribution is 6.07. The highest BCUT2D eigenvalue weighted by atomic mass is 19.1. The summed E-state index contributed by atoms with van der Waals surface area (Å²) in [5.41, 5.74) is 7.25. The van der Waals surface area contributed by atoms with Crippen molar-refractivity contribution in [3.63, 3.8) is 0 Å². The molecule has 0 radical (unpaired) electrons. The summed E-state index contributed by atoms with van der Waals surface area (Å²) in [6.07, 6.45) is 3.51. The fourth-order valence-corrected chi connectivity index (χ4v) is 4.85. The van der Waals surface area contributed by atoms with Gasteiger partial charge in [-0.1, -0.05) is 54.6 Å². The Morgan fingerprint density at radius 1 is 0.526 bits per heavy atom. The molecule has 180 valence electrons. The minimum Gasteiger partial charge on any atom is -0.289 e. The average Bonchev–Trinajstić information content (AvgIpc) is 3.34. The molecule has 0 aliphatic carbocycles. The Morgan fingerprint density at radius 3 is 2.03 bits per heavy atom. The number of nitrogens with zero attached hydrogens (tertiary/aromatic N) is 5. The van der Waals surface area contributed by atoms with E-state index in [-0.39, 0.29) is 5.82 Å². The Kier molecular flexibility index (Phi) is 5.22. The number of pyridine rings is 4. The maximum Gasteiger partial charge on any atom is 0.147 e. The van der Waals surface area contributed by atoms with Crippen LogP contribution in [-0.4, -0.2) is 24.5 Å². The summed E-state index contributed by atoms with van der Waals surface area (Å²) >= 11 is 0. The fraction of sp³-hybridized carbons (Fsp3) is 0. The molecule has 0 N–H and O–H groups in total. The lowest BCUT2D eigenvalue weighted by Gasteiger charge is -2.10. The molecule has 5 heterocycles. The lowest BCUT2D eigenvalue weighted by Crippen LogP contribution is -2.00. The van der Waals surface area contributed by atoms with Crippen LogP contribution in [-0.2, 0) is 0 Å². The van der Waals surface area contributed by atoms with E-state index in [2.05, 4.69) is 22.1 Å². The first kappa shape index (κ1) is 22.0. The number of hydrogen-bond acceptors (Lipinski definition) is 4. The SMILES string of the molecule is Fc1cccc2c3ncccc3n(-c3cccc(-c4cccc(-c5ccc(-c6ccccn6)cc5)n4)n3)c12. The molecule has 0 fully saturated rings. The Balaban J connectivity index is 1.30. The molecule has 0 bridgehead atoms. The molecule has 38 heavy (non-hydrogen) atoms. The van der Waals surface area contributed by atoms with Crippen molar-refractivity contribution in [2.24, 2.45) is 0 Å². The van der Waals surface area contributed by atoms with Gasteiger partial charge in [0.05, 0.1) is 39.3 Å². The third-order valence-electron chi connectivity index (χ3n) is 6.61. The first-order valence-corrected chi connectivity index (χ1v) is 12.3. The Bertz CT molecular complexity index is 1930. The molecule has 0 aliphatic heterocycles. The van der Waals surface area contributed by atoms with Crippen molar-refractivity contribution in [1.29, 1.82) is 0 Å². The normalized spacial score (nSPS) is 11.3. The van der Waals surface area contributed by atoms with Crippen molar-refractivity contribution < 1.29 is 4.39 Å². The predicted molar refractivity (Wildman–Crippen MR) is 148 cm³/mol. The largest absolute Gasteiger partial charge is 0.289 e. The number of para-hydroxylation sites is 1. The molecule has 0 unspecified atom stereocenters. The van der Waals surface area contributed by atoms with Crippen LogP contribution in [0.1, 0.15) is 0 Å². The summed E-state index contributed by atoms with van der Waals surface area (Å²) in [4.78, 5) is 18.8. The van der Waals surface area contributed by atoms with Gasteiger partial charge in [0.1, 0.15) is 11.6 Å². The van der Waals surface area contributed by atoms with Gasteiger partial charge in [-0.2, -0.15) is 0 Å². The third-order valence-corrected chi connectivity index (χ3v) is 6.61. The molecule has 0 saturated heterocycles. The van der Waals surface area contributed by atoms with Gasteiger partial charge in [-0.3, -0.25) is 14.5 Å². The van der Waals surface area contributed by atoms with Gasteiger partial charge in [0.25, 0.3) is 0 Å². The van der Waals surface area contributed by atoms with Gasteiger partial charge in [0.15, 0.2) is 0 Å². The zero-order valence-electron chi connectivity index (χ0n) is 20.2. The molecule has 0 amide bonds. The predicted octanol–water partition coefficient (Wildman–Crippen LogP) is 7.50. The summed E-state index contributed by atoms with van der Waals surface area (Å²) in [5, 5.41) is 0.752. The van der Waals surface area contributed by atoms with Crippen LogP contribution in [0.25, 0.3) is 61.7 Å². The van der Waals surface area contributed by atoms with E-state index in [4.69, 9.17) is 9.97 Å². The number of aromatic nitrogens is 5. The smallest absolute Gasteiger partial charge is 0.147 e. The molecule has 5 nitrogen and oxygen atoms in total. The van der Waals surface area contributed by atoms with E-state index in [0.717, 1.165) is 44.6 Å². The fourth-order valence-electron chi connectivity index (χ4n) is 4.85. The summed E-state index contributed by atoms with van der Waals surface area (Å²) in [5.74, 6) is 0.287. The van der Waals surface area contributed by atoms with Crippen LogP contribution in [0.4, 0.5) is 4.39 Å². The first-order valence-electron chi connectivity index (χ1n) is 12.3. The molecular weight excluding hydrogens is 473 g/mol. The van der Waals surface area contributed by atoms with Crippen molar-refractivity contribution in [3.8, 4) is 39.7 Å². The summed E-state index contributed by atoms with van der Waals surface area (Å²) in [7, 11) is 0. The van der Waals surface area contributed by atoms with E-state index < -0.39 is 0 Å². The van der Waals surface area contributed by atoms with Crippen molar-refractivity contribution in [3.05, 3.63) is 127 Å². The monoisotopic (exact) mass is 493 g/mol. The maximum absolute atomic E-state index is 15.1. The zero-order chi connectivity index (χ0) is 25.5. The molecule has 7 rings (SSSR count). The van der Waals surface area contributed by atoms with Crippen LogP contribution in [0.3, 0.4) is 0 Å². The highest BCUT2D eigenvalue weighted by Crippen LogP contribution is 2.32. The zero-order valence-corrected chi connectivity index (χ0v) is 20.2. The molecular formula is C32H20FN5. The van der Waals surface area contributed by atoms with Gasteiger partial charge < -0.3 is 0 Å². The first-order chi connectivity index (χ1) is 18.8. The molecule has 0 aliphatic rings. The van der Waals surface area contributed by atoms with E-state index in [1.54, 1.807) is 18.5 Å². The Hall–Kier alpha value is -5.23. The number of rotatable bonds is 4. The van der Waals surface area contributed by atoms with E-state index >= 15 is 4.39 Å². The molecule has 0 atom stereocenters. The van der Waals surface area contributed by atoms with Crippen LogP contribution in [0.2, 0.25) is 0 Å². The van der Waals surface area contributed by atoms with Crippen molar-refractivity contribution >= 4 is 21.9 Å². The number of benzene rings is 2. The van der Waals surface area contributed by atoms with Crippen LogP contribution in [0, 0.1) is 5.82 Å². The Morgan fingerprint density at radius 2 is 1.21 bits per heavy atom. The van der Waals surface area contributed by atoms with E-state index in [0.29, 0.717) is 17.0 Å². The van der Waals surface area contributed by atoms with Gasteiger partial charge in [-0.25, -0.2) is 14.4 Å². The quantitative estimate of drug-likeness (QED) is 0.255. The van der Waals surface area contributed by atoms with Crippen molar-refractivity contribution in [1.82, 2.24) is 24.5 Å². The van der Waals surface area contributed by atoms with Gasteiger partial charge in [-0.15, -0.1) is 0 Å². The summed E-state index contributed by atoms with van der Waals surface area (Å²) in [6.45, 7) is 0. The maximum atomic E-state index is 15.1. The van der Waals surface area contributed by atoms with Gasteiger partial charge >= 0.3 is 0 Å². The number of hydrogen-bond donors (Lipinski definition) is 0. The topological polar surface area (TPSA) is 56.5 Å². The minimum atomic E-state index is -0.318. The summed E-state index contributed by atoms with van der Waals surface area (Å²) in [6, 6.07) is 34.5. The van der Waals surface area contributed by atoms with Gasteiger partial charge in [0, 0.05) is 28.9 Å². The standard InChI is InChI=1S/C32H20FN5/c33-24-8-3-7-23-31-29(13-6-20-35-31)38(32(23)24)30-14-5-12-28(37-30)27-11-4-10-26(36-27)22-17-15-21(16-18-22)25-9-1-2-19-34-25/h1-20H. The molecule has 6 heteroatoms. The Labute approximate surface area is 217 Å². The van der Waals surface area contributed by atoms with Crippen LogP contribution in [0.15, 0.2) is 122 Å². The lowest BCUT2D eigenvalue weighted by molar-refractivity contribution is 0.635. The highest BCUT2D eigenvalue weighted by Gasteiger charge is 2.17. The second-order valence-corrected chi connectivity index (χ2v) is 8.92. The number of fused-ring (bicyclic) bond motifs is 3. The molecule has 2 aromatic carbocycles. The van der Waals surface area contributed by atoms with Crippen LogP contribution >= 0.6 is 0 Å². The lowest BCUT2D eigenvalue weighted by atomic mass is 10.1. The summed E-state index contributed by atoms with van der Waals surface area (Å²) < 4.78 is 16.9. The second-order valence-electron chi connectivity index (χ2n) is 8.92. The minimum absolute atomic E-state index is 0.318. The van der Waals surface area contributed by atoms with E-state index in [1.807, 2.05) is 89.5 Å². The second kappa shape index (κ2) is 9.01. The average molecular weight is 494 g/mol. The molecule has 5 aromatic heterocycles. The number of halogens is 1. The molecule has 7 aromatic rings. The van der Waals surface area contributed by atoms with Gasteiger partial charge in [-0.05, 0) is 54.6 Å². The van der Waals surface area contributed by atoms with E-state index in [1.165, 1.54) is 6.07 Å². The molecule has 0 spiro atoms. The van der Waals surface area contributed by atoms with Crippen LogP contribution < -0.4 is 0 Å². The van der Waals surface area contributed by atoms with Crippen molar-refractivity contribution in [2.45, 2.75) is 0 Å².